The number of anilines is 1. The van der Waals surface area contributed by atoms with Crippen LogP contribution in [0.15, 0.2) is 65.6 Å². The second-order valence-corrected chi connectivity index (χ2v) is 10.5. The number of benzene rings is 3. The van der Waals surface area contributed by atoms with Gasteiger partial charge in [-0.2, -0.15) is 0 Å². The Hall–Kier alpha value is -3.18. The normalized spacial score (nSPS) is 15.9. The molecule has 192 valence electrons. The molecule has 0 radical (unpaired) electrons. The highest BCUT2D eigenvalue weighted by Gasteiger charge is 2.27. The van der Waals surface area contributed by atoms with Gasteiger partial charge >= 0.3 is 5.97 Å². The first-order valence-electron chi connectivity index (χ1n) is 11.8. The largest absolute Gasteiger partial charge is 0.490 e. The molecule has 0 aromatic heterocycles. The predicted molar refractivity (Wildman–Crippen MR) is 155 cm³/mol. The van der Waals surface area contributed by atoms with Gasteiger partial charge in [0.05, 0.1) is 20.6 Å². The van der Waals surface area contributed by atoms with Crippen LogP contribution in [0.3, 0.4) is 0 Å². The molecule has 4 rings (SSSR count). The molecule has 7 nitrogen and oxygen atoms in total. The first-order chi connectivity index (χ1) is 17.9. The molecule has 1 saturated heterocycles. The smallest absolute Gasteiger partial charge is 0.335 e. The van der Waals surface area contributed by atoms with Gasteiger partial charge in [-0.05, 0) is 95.1 Å². The van der Waals surface area contributed by atoms with E-state index in [9.17, 15) is 9.59 Å². The standard InChI is InChI=1S/C28H27IN2O5S/c1-3-17-7-11-21(12-8-17)30-28-31-26(32)24(37-28)15-19-13-22(29)25(23(14-19)35-4-2)36-16-18-5-9-20(10-6-18)27(33)34/h5-15,28,30H,3-4,16H2,1-2H3,(H,31,32)(H,33,34)/b24-15-/t28-/m1/s1. The summed E-state index contributed by atoms with van der Waals surface area (Å²) in [5.41, 5.74) is 3.85. The van der Waals surface area contributed by atoms with Crippen LogP contribution in [0.2, 0.25) is 0 Å². The topological polar surface area (TPSA) is 96.9 Å². The van der Waals surface area contributed by atoms with Gasteiger partial charge in [-0.3, -0.25) is 4.79 Å². The van der Waals surface area contributed by atoms with E-state index in [2.05, 4.69) is 52.3 Å². The van der Waals surface area contributed by atoms with Gasteiger partial charge in [-0.25, -0.2) is 4.79 Å². The Morgan fingerprint density at radius 3 is 2.43 bits per heavy atom. The number of carboxylic acids is 1. The van der Waals surface area contributed by atoms with E-state index in [0.717, 1.165) is 26.8 Å². The van der Waals surface area contributed by atoms with Crippen molar-refractivity contribution in [3.05, 3.63) is 91.4 Å². The third-order valence-corrected chi connectivity index (χ3v) is 7.43. The third kappa shape index (κ3) is 6.98. The molecule has 1 amide bonds. The molecule has 1 heterocycles. The molecular weight excluding hydrogens is 603 g/mol. The third-order valence-electron chi connectivity index (χ3n) is 5.60. The molecule has 0 bridgehead atoms. The molecule has 37 heavy (non-hydrogen) atoms. The zero-order chi connectivity index (χ0) is 26.4. The Morgan fingerprint density at radius 2 is 1.78 bits per heavy atom. The second kappa shape index (κ2) is 12.4. The van der Waals surface area contributed by atoms with Crippen LogP contribution in [0.25, 0.3) is 6.08 Å². The number of carbonyl (C=O) groups is 2. The molecule has 9 heteroatoms. The Bertz CT molecular complexity index is 1310. The van der Waals surface area contributed by atoms with Crippen molar-refractivity contribution in [3.8, 4) is 11.5 Å². The average molecular weight is 631 g/mol. The van der Waals surface area contributed by atoms with Crippen molar-refractivity contribution >= 4 is 58.0 Å². The van der Waals surface area contributed by atoms with Crippen LogP contribution in [-0.4, -0.2) is 29.1 Å². The number of hydrogen-bond donors (Lipinski definition) is 3. The molecule has 1 aliphatic rings. The molecule has 0 spiro atoms. The van der Waals surface area contributed by atoms with Crippen LogP contribution in [0.4, 0.5) is 5.69 Å². The summed E-state index contributed by atoms with van der Waals surface area (Å²) in [4.78, 5) is 24.3. The van der Waals surface area contributed by atoms with Crippen LogP contribution in [0.5, 0.6) is 11.5 Å². The summed E-state index contributed by atoms with van der Waals surface area (Å²) in [5.74, 6) is 0.0842. The summed E-state index contributed by atoms with van der Waals surface area (Å²) in [6, 6.07) is 18.6. The van der Waals surface area contributed by atoms with E-state index >= 15 is 0 Å². The van der Waals surface area contributed by atoms with E-state index in [1.165, 1.54) is 17.3 Å². The van der Waals surface area contributed by atoms with Gasteiger partial charge in [-0.1, -0.05) is 43.0 Å². The highest BCUT2D eigenvalue weighted by atomic mass is 127. The van der Waals surface area contributed by atoms with Crippen LogP contribution in [-0.2, 0) is 17.8 Å². The highest BCUT2D eigenvalue weighted by molar-refractivity contribution is 14.1. The molecule has 0 unspecified atom stereocenters. The monoisotopic (exact) mass is 630 g/mol. The number of aromatic carboxylic acids is 1. The van der Waals surface area contributed by atoms with Crippen molar-refractivity contribution in [2.24, 2.45) is 0 Å². The SMILES string of the molecule is CCOc1cc(/C=C2\S[C@H](Nc3ccc(CC)cc3)NC2=O)cc(I)c1OCc1ccc(C(=O)O)cc1. The molecule has 1 aliphatic heterocycles. The van der Waals surface area contributed by atoms with Gasteiger partial charge in [0.2, 0.25) is 0 Å². The number of nitrogens with one attached hydrogen (secondary N) is 2. The van der Waals surface area contributed by atoms with Crippen molar-refractivity contribution in [1.82, 2.24) is 5.32 Å². The number of carbonyl (C=O) groups excluding carboxylic acids is 1. The van der Waals surface area contributed by atoms with E-state index < -0.39 is 5.97 Å². The number of halogens is 1. The van der Waals surface area contributed by atoms with Gasteiger partial charge in [0, 0.05) is 5.69 Å². The van der Waals surface area contributed by atoms with Crippen LogP contribution in [0, 0.1) is 3.57 Å². The van der Waals surface area contributed by atoms with E-state index in [-0.39, 0.29) is 23.6 Å². The maximum atomic E-state index is 12.6. The fourth-order valence-corrected chi connectivity index (χ4v) is 5.44. The zero-order valence-electron chi connectivity index (χ0n) is 20.4. The summed E-state index contributed by atoms with van der Waals surface area (Å²) in [6.45, 7) is 4.74. The van der Waals surface area contributed by atoms with Crippen LogP contribution < -0.4 is 20.1 Å². The lowest BCUT2D eigenvalue weighted by molar-refractivity contribution is -0.116. The predicted octanol–water partition coefficient (Wildman–Crippen LogP) is 6.13. The Morgan fingerprint density at radius 1 is 1.08 bits per heavy atom. The summed E-state index contributed by atoms with van der Waals surface area (Å²) in [5, 5.41) is 15.4. The van der Waals surface area contributed by atoms with Gasteiger partial charge < -0.3 is 25.2 Å². The zero-order valence-corrected chi connectivity index (χ0v) is 23.4. The van der Waals surface area contributed by atoms with Crippen LogP contribution >= 0.6 is 34.4 Å². The van der Waals surface area contributed by atoms with Crippen molar-refractivity contribution in [2.75, 3.05) is 11.9 Å². The second-order valence-electron chi connectivity index (χ2n) is 8.23. The number of aryl methyl sites for hydroxylation is 1. The fraction of sp³-hybridized carbons (Fsp3) is 0.214. The van der Waals surface area contributed by atoms with E-state index in [4.69, 9.17) is 14.6 Å². The molecule has 0 saturated carbocycles. The first-order valence-corrected chi connectivity index (χ1v) is 13.8. The first kappa shape index (κ1) is 26.9. The number of carboxylic acid groups (broad SMARTS) is 1. The molecule has 3 N–H and O–H groups in total. The summed E-state index contributed by atoms with van der Waals surface area (Å²) < 4.78 is 12.7. The number of thioether (sulfide) groups is 1. The number of rotatable bonds is 10. The maximum absolute atomic E-state index is 12.6. The Kier molecular flexibility index (Phi) is 8.99. The minimum atomic E-state index is -0.966. The van der Waals surface area contributed by atoms with E-state index in [0.29, 0.717) is 23.0 Å². The van der Waals surface area contributed by atoms with Crippen molar-refractivity contribution in [2.45, 2.75) is 32.4 Å². The van der Waals surface area contributed by atoms with Gasteiger partial charge in [-0.15, -0.1) is 0 Å². The quantitative estimate of drug-likeness (QED) is 0.183. The Balaban J connectivity index is 1.47. The summed E-state index contributed by atoms with van der Waals surface area (Å²) in [7, 11) is 0. The fourth-order valence-electron chi connectivity index (χ4n) is 3.68. The average Bonchev–Trinajstić information content (AvgIpc) is 3.22. The van der Waals surface area contributed by atoms with Crippen molar-refractivity contribution in [3.63, 3.8) is 0 Å². The van der Waals surface area contributed by atoms with Gasteiger partial charge in [0.15, 0.2) is 17.0 Å². The molecular formula is C28H27IN2O5S. The molecule has 3 aromatic carbocycles. The molecule has 3 aromatic rings. The molecule has 0 aliphatic carbocycles. The van der Waals surface area contributed by atoms with Crippen molar-refractivity contribution < 1.29 is 24.2 Å². The Labute approximate surface area is 233 Å². The molecule has 1 atom stereocenters. The van der Waals surface area contributed by atoms with Crippen LogP contribution in [0.1, 0.15) is 40.9 Å². The molecule has 1 fully saturated rings. The highest BCUT2D eigenvalue weighted by Crippen LogP contribution is 2.37. The van der Waals surface area contributed by atoms with Gasteiger partial charge in [0.25, 0.3) is 5.91 Å². The lowest BCUT2D eigenvalue weighted by atomic mass is 10.1. The lowest BCUT2D eigenvalue weighted by Gasteiger charge is -2.15. The van der Waals surface area contributed by atoms with Crippen molar-refractivity contribution in [1.29, 1.82) is 0 Å². The minimum Gasteiger partial charge on any atom is -0.490 e. The van der Waals surface area contributed by atoms with Gasteiger partial charge in [0.1, 0.15) is 6.61 Å². The number of ether oxygens (including phenoxy) is 2. The summed E-state index contributed by atoms with van der Waals surface area (Å²) in [6.07, 6.45) is 2.83. The number of hydrogen-bond acceptors (Lipinski definition) is 6. The minimum absolute atomic E-state index is 0.134. The maximum Gasteiger partial charge on any atom is 0.335 e. The van der Waals surface area contributed by atoms with E-state index in [1.54, 1.807) is 24.3 Å². The summed E-state index contributed by atoms with van der Waals surface area (Å²) >= 11 is 3.62. The number of amides is 1. The lowest BCUT2D eigenvalue weighted by Crippen LogP contribution is -2.30. The van der Waals surface area contributed by atoms with E-state index in [1.807, 2.05) is 37.3 Å².